The molecule has 2 heterocycles. The summed E-state index contributed by atoms with van der Waals surface area (Å²) < 4.78 is 5.35. The van der Waals surface area contributed by atoms with Crippen LogP contribution in [0.1, 0.15) is 25.1 Å². The van der Waals surface area contributed by atoms with Gasteiger partial charge in [-0.3, -0.25) is 9.69 Å². The molecule has 2 aromatic rings. The van der Waals surface area contributed by atoms with Gasteiger partial charge in [-0.2, -0.15) is 4.98 Å². The lowest BCUT2D eigenvalue weighted by Crippen LogP contribution is -2.50. The summed E-state index contributed by atoms with van der Waals surface area (Å²) in [5.74, 6) is 1.71. The number of hydrogen-bond acceptors (Lipinski definition) is 5. The summed E-state index contributed by atoms with van der Waals surface area (Å²) >= 11 is 6.17. The normalized spacial score (nSPS) is 19.0. The van der Waals surface area contributed by atoms with Crippen LogP contribution in [0.4, 0.5) is 0 Å². The van der Waals surface area contributed by atoms with Gasteiger partial charge in [0.1, 0.15) is 0 Å². The molecule has 2 fully saturated rings. The number of carbonyl (C=O) groups is 1. The van der Waals surface area contributed by atoms with Gasteiger partial charge in [-0.1, -0.05) is 35.3 Å². The van der Waals surface area contributed by atoms with Crippen LogP contribution in [0.25, 0.3) is 11.5 Å². The molecule has 0 radical (unpaired) electrons. The van der Waals surface area contributed by atoms with Crippen LogP contribution in [0.3, 0.4) is 0 Å². The molecule has 0 atom stereocenters. The zero-order valence-corrected chi connectivity index (χ0v) is 14.8. The molecule has 1 aromatic heterocycles. The van der Waals surface area contributed by atoms with Gasteiger partial charge in [0.05, 0.1) is 17.1 Å². The molecule has 7 heteroatoms. The predicted molar refractivity (Wildman–Crippen MR) is 93.9 cm³/mol. The Morgan fingerprint density at radius 1 is 1.20 bits per heavy atom. The van der Waals surface area contributed by atoms with Crippen molar-refractivity contribution in [2.75, 3.05) is 26.2 Å². The van der Waals surface area contributed by atoms with E-state index in [2.05, 4.69) is 15.0 Å². The Balaban J connectivity index is 1.33. The first-order valence-electron chi connectivity index (χ1n) is 8.79. The summed E-state index contributed by atoms with van der Waals surface area (Å²) in [4.78, 5) is 21.0. The summed E-state index contributed by atoms with van der Waals surface area (Å²) in [6.07, 6.45) is 3.32. The number of hydrogen-bond donors (Lipinski definition) is 0. The molecule has 132 valence electrons. The third-order valence-electron chi connectivity index (χ3n) is 5.08. The highest BCUT2D eigenvalue weighted by atomic mass is 35.5. The Morgan fingerprint density at radius 3 is 2.64 bits per heavy atom. The van der Waals surface area contributed by atoms with Crippen molar-refractivity contribution < 1.29 is 9.32 Å². The molecule has 1 saturated carbocycles. The van der Waals surface area contributed by atoms with Crippen molar-refractivity contribution in [1.29, 1.82) is 0 Å². The molecule has 1 saturated heterocycles. The van der Waals surface area contributed by atoms with E-state index in [1.54, 1.807) is 6.07 Å². The second-order valence-corrected chi connectivity index (χ2v) is 7.13. The highest BCUT2D eigenvalue weighted by Crippen LogP contribution is 2.29. The molecule has 1 amide bonds. The minimum Gasteiger partial charge on any atom is -0.340 e. The van der Waals surface area contributed by atoms with Crippen molar-refractivity contribution in [3.63, 3.8) is 0 Å². The molecule has 1 aliphatic carbocycles. The van der Waals surface area contributed by atoms with Crippen LogP contribution in [0.2, 0.25) is 5.02 Å². The molecule has 0 spiro atoms. The Hall–Kier alpha value is -1.92. The molecule has 25 heavy (non-hydrogen) atoms. The SMILES string of the molecule is O=C(C1CCC1)N1CCN(Cc2noc(-c3ccccc3Cl)n2)CC1. The van der Waals surface area contributed by atoms with Gasteiger partial charge < -0.3 is 9.42 Å². The Kier molecular flexibility index (Phi) is 4.72. The summed E-state index contributed by atoms with van der Waals surface area (Å²) in [7, 11) is 0. The van der Waals surface area contributed by atoms with Crippen LogP contribution in [0.5, 0.6) is 0 Å². The summed E-state index contributed by atoms with van der Waals surface area (Å²) in [5.41, 5.74) is 0.749. The van der Waals surface area contributed by atoms with Crippen molar-refractivity contribution in [3.8, 4) is 11.5 Å². The van der Waals surface area contributed by atoms with E-state index < -0.39 is 0 Å². The van der Waals surface area contributed by atoms with E-state index >= 15 is 0 Å². The van der Waals surface area contributed by atoms with Gasteiger partial charge in [-0.25, -0.2) is 0 Å². The van der Waals surface area contributed by atoms with Crippen LogP contribution < -0.4 is 0 Å². The van der Waals surface area contributed by atoms with Gasteiger partial charge in [-0.05, 0) is 25.0 Å². The molecular formula is C18H21ClN4O2. The first-order chi connectivity index (χ1) is 12.2. The number of piperazine rings is 1. The zero-order valence-electron chi connectivity index (χ0n) is 14.0. The van der Waals surface area contributed by atoms with Crippen molar-refractivity contribution in [2.24, 2.45) is 5.92 Å². The lowest BCUT2D eigenvalue weighted by Gasteiger charge is -2.37. The highest BCUT2D eigenvalue weighted by Gasteiger charge is 2.31. The first-order valence-corrected chi connectivity index (χ1v) is 9.17. The molecule has 0 bridgehead atoms. The fourth-order valence-corrected chi connectivity index (χ4v) is 3.52. The number of benzene rings is 1. The van der Waals surface area contributed by atoms with E-state index in [-0.39, 0.29) is 5.92 Å². The van der Waals surface area contributed by atoms with Gasteiger partial charge >= 0.3 is 0 Å². The maximum absolute atomic E-state index is 12.3. The van der Waals surface area contributed by atoms with Crippen molar-refractivity contribution >= 4 is 17.5 Å². The quantitative estimate of drug-likeness (QED) is 0.839. The van der Waals surface area contributed by atoms with Gasteiger partial charge in [-0.15, -0.1) is 0 Å². The van der Waals surface area contributed by atoms with E-state index in [0.717, 1.165) is 44.6 Å². The number of amides is 1. The first kappa shape index (κ1) is 16.5. The van der Waals surface area contributed by atoms with E-state index in [1.165, 1.54) is 6.42 Å². The van der Waals surface area contributed by atoms with E-state index in [0.29, 0.717) is 29.2 Å². The van der Waals surface area contributed by atoms with E-state index in [9.17, 15) is 4.79 Å². The number of nitrogens with zero attached hydrogens (tertiary/aromatic N) is 4. The minimum atomic E-state index is 0.280. The van der Waals surface area contributed by atoms with Gasteiger partial charge in [0, 0.05) is 32.1 Å². The molecule has 4 rings (SSSR count). The van der Waals surface area contributed by atoms with Crippen molar-refractivity contribution in [3.05, 3.63) is 35.1 Å². The van der Waals surface area contributed by atoms with Crippen LogP contribution in [-0.2, 0) is 11.3 Å². The maximum atomic E-state index is 12.3. The third kappa shape index (κ3) is 3.55. The topological polar surface area (TPSA) is 62.5 Å². The Bertz CT molecular complexity index is 751. The Labute approximate surface area is 151 Å². The number of aromatic nitrogens is 2. The standard InChI is InChI=1S/C18H21ClN4O2/c19-15-7-2-1-6-14(15)17-20-16(21-25-17)12-22-8-10-23(11-9-22)18(24)13-4-3-5-13/h1-2,6-7,13H,3-5,8-12H2. The van der Waals surface area contributed by atoms with Crippen LogP contribution >= 0.6 is 11.6 Å². The van der Waals surface area contributed by atoms with Gasteiger partial charge in [0.15, 0.2) is 5.82 Å². The second-order valence-electron chi connectivity index (χ2n) is 6.72. The smallest absolute Gasteiger partial charge is 0.259 e. The molecular weight excluding hydrogens is 340 g/mol. The monoisotopic (exact) mass is 360 g/mol. The number of halogens is 1. The number of rotatable bonds is 4. The van der Waals surface area contributed by atoms with E-state index in [4.69, 9.17) is 16.1 Å². The maximum Gasteiger partial charge on any atom is 0.259 e. The van der Waals surface area contributed by atoms with Crippen molar-refractivity contribution in [2.45, 2.75) is 25.8 Å². The van der Waals surface area contributed by atoms with Crippen LogP contribution in [0.15, 0.2) is 28.8 Å². The van der Waals surface area contributed by atoms with Gasteiger partial charge in [0.2, 0.25) is 5.91 Å². The van der Waals surface area contributed by atoms with Crippen molar-refractivity contribution in [1.82, 2.24) is 19.9 Å². The summed E-state index contributed by atoms with van der Waals surface area (Å²) in [6, 6.07) is 7.43. The molecule has 2 aliphatic rings. The van der Waals surface area contributed by atoms with Crippen LogP contribution in [0, 0.1) is 5.92 Å². The predicted octanol–water partition coefficient (Wildman–Crippen LogP) is 2.83. The fraction of sp³-hybridized carbons (Fsp3) is 0.500. The summed E-state index contributed by atoms with van der Waals surface area (Å²) in [5, 5.41) is 4.66. The average molecular weight is 361 g/mol. The second kappa shape index (κ2) is 7.14. The molecule has 0 N–H and O–H groups in total. The van der Waals surface area contributed by atoms with E-state index in [1.807, 2.05) is 23.1 Å². The fourth-order valence-electron chi connectivity index (χ4n) is 3.30. The Morgan fingerprint density at radius 2 is 1.96 bits per heavy atom. The highest BCUT2D eigenvalue weighted by molar-refractivity contribution is 6.33. The zero-order chi connectivity index (χ0) is 17.2. The average Bonchev–Trinajstić information content (AvgIpc) is 3.02. The number of carbonyl (C=O) groups excluding carboxylic acids is 1. The van der Waals surface area contributed by atoms with Gasteiger partial charge in [0.25, 0.3) is 5.89 Å². The summed E-state index contributed by atoms with van der Waals surface area (Å²) in [6.45, 7) is 3.87. The van der Waals surface area contributed by atoms with Crippen LogP contribution in [-0.4, -0.2) is 52.0 Å². The molecule has 1 aliphatic heterocycles. The lowest BCUT2D eigenvalue weighted by molar-refractivity contribution is -0.140. The lowest BCUT2D eigenvalue weighted by atomic mass is 9.84. The molecule has 1 aromatic carbocycles. The largest absolute Gasteiger partial charge is 0.340 e. The minimum absolute atomic E-state index is 0.280. The molecule has 6 nitrogen and oxygen atoms in total. The molecule has 0 unspecified atom stereocenters. The third-order valence-corrected chi connectivity index (χ3v) is 5.41.